The molecule has 0 bridgehead atoms. The molecule has 80 valence electrons. The molecule has 0 aromatic carbocycles. The van der Waals surface area contributed by atoms with Gasteiger partial charge in [0, 0.05) is 13.0 Å². The first-order valence-electron chi connectivity index (χ1n) is 4.81. The van der Waals surface area contributed by atoms with Crippen molar-refractivity contribution in [2.45, 2.75) is 38.8 Å². The molecule has 1 saturated heterocycles. The van der Waals surface area contributed by atoms with Crippen molar-refractivity contribution in [1.29, 1.82) is 0 Å². The van der Waals surface area contributed by atoms with Crippen LogP contribution in [0.5, 0.6) is 0 Å². The molecule has 0 aromatic heterocycles. The Bertz CT molecular complexity index is 229. The number of hydrogen-bond acceptors (Lipinski definition) is 3. The van der Waals surface area contributed by atoms with Gasteiger partial charge in [0.05, 0.1) is 12.7 Å². The number of methoxy groups -OCH3 is 1. The molecule has 1 rings (SSSR count). The summed E-state index contributed by atoms with van der Waals surface area (Å²) in [6, 6.07) is 0. The van der Waals surface area contributed by atoms with Crippen LogP contribution in [0.3, 0.4) is 0 Å². The van der Waals surface area contributed by atoms with E-state index in [-0.39, 0.29) is 18.1 Å². The van der Waals surface area contributed by atoms with Crippen LogP contribution in [0.15, 0.2) is 0 Å². The van der Waals surface area contributed by atoms with Crippen LogP contribution in [-0.4, -0.2) is 31.7 Å². The molecule has 0 aliphatic carbocycles. The van der Waals surface area contributed by atoms with E-state index in [4.69, 9.17) is 20.6 Å². The maximum absolute atomic E-state index is 5.70. The molecule has 0 N–H and O–H groups in total. The van der Waals surface area contributed by atoms with Crippen molar-refractivity contribution in [3.05, 3.63) is 0 Å². The fourth-order valence-electron chi connectivity index (χ4n) is 1.60. The Kier molecular flexibility index (Phi) is 3.54. The van der Waals surface area contributed by atoms with Gasteiger partial charge in [-0.3, -0.25) is 0 Å². The highest BCUT2D eigenvalue weighted by atomic mass is 16.7. The van der Waals surface area contributed by atoms with Crippen LogP contribution >= 0.6 is 0 Å². The highest BCUT2D eigenvalue weighted by Crippen LogP contribution is 2.28. The van der Waals surface area contributed by atoms with Gasteiger partial charge in [-0.2, -0.15) is 0 Å². The van der Waals surface area contributed by atoms with Crippen molar-refractivity contribution in [2.24, 2.45) is 5.92 Å². The Balaban J connectivity index is 2.55. The minimum atomic E-state index is -0.494. The summed E-state index contributed by atoms with van der Waals surface area (Å²) < 4.78 is 16.3. The largest absolute Gasteiger partial charge is 0.368 e. The number of terminal acetylenes is 1. The second kappa shape index (κ2) is 4.31. The molecule has 0 aromatic rings. The van der Waals surface area contributed by atoms with Crippen LogP contribution in [0.1, 0.15) is 20.8 Å². The molecule has 0 radical (unpaired) electrons. The fraction of sp³-hybridized carbons (Fsp3) is 0.818. The summed E-state index contributed by atoms with van der Waals surface area (Å²) in [6.45, 7) is 6.40. The highest BCUT2D eigenvalue weighted by Gasteiger charge is 2.38. The first-order valence-corrected chi connectivity index (χ1v) is 4.81. The zero-order valence-electron chi connectivity index (χ0n) is 9.24. The Morgan fingerprint density at radius 1 is 1.57 bits per heavy atom. The van der Waals surface area contributed by atoms with E-state index in [2.05, 4.69) is 5.92 Å². The lowest BCUT2D eigenvalue weighted by molar-refractivity contribution is -0.147. The minimum absolute atomic E-state index is 0.0194. The van der Waals surface area contributed by atoms with Gasteiger partial charge in [-0.25, -0.2) is 0 Å². The lowest BCUT2D eigenvalue weighted by Gasteiger charge is -2.24. The van der Waals surface area contributed by atoms with Gasteiger partial charge in [-0.05, 0) is 13.8 Å². The molecule has 3 heteroatoms. The van der Waals surface area contributed by atoms with E-state index in [9.17, 15) is 0 Å². The van der Waals surface area contributed by atoms with Gasteiger partial charge >= 0.3 is 0 Å². The van der Waals surface area contributed by atoms with E-state index >= 15 is 0 Å². The average molecular weight is 198 g/mol. The Hall–Kier alpha value is -0.560. The molecular weight excluding hydrogens is 180 g/mol. The molecule has 0 unspecified atom stereocenters. The van der Waals surface area contributed by atoms with E-state index in [0.717, 1.165) is 0 Å². The van der Waals surface area contributed by atoms with Crippen molar-refractivity contribution in [2.75, 3.05) is 13.7 Å². The second-order valence-electron chi connectivity index (χ2n) is 4.05. The summed E-state index contributed by atoms with van der Waals surface area (Å²) in [5.74, 6) is 2.25. The van der Waals surface area contributed by atoms with Crippen molar-refractivity contribution in [1.82, 2.24) is 0 Å². The maximum Gasteiger partial charge on any atom is 0.163 e. The maximum atomic E-state index is 5.70. The predicted molar refractivity (Wildman–Crippen MR) is 53.7 cm³/mol. The summed E-state index contributed by atoms with van der Waals surface area (Å²) in [6.07, 6.45) is 5.16. The molecular formula is C11H18O3. The standard InChI is InChI=1S/C11H18O3/c1-6-9(12-5)8(2)10-7-13-11(3,4)14-10/h1,8-10H,7H2,2-5H3/t8-,9+,10+/m1/s1. The molecule has 0 saturated carbocycles. The first kappa shape index (κ1) is 11.5. The quantitative estimate of drug-likeness (QED) is 0.642. The van der Waals surface area contributed by atoms with Gasteiger partial charge in [-0.1, -0.05) is 12.8 Å². The van der Waals surface area contributed by atoms with Crippen LogP contribution in [-0.2, 0) is 14.2 Å². The summed E-state index contributed by atoms with van der Waals surface area (Å²) in [7, 11) is 1.61. The zero-order chi connectivity index (χ0) is 10.8. The topological polar surface area (TPSA) is 27.7 Å². The van der Waals surface area contributed by atoms with Gasteiger partial charge in [0.25, 0.3) is 0 Å². The molecule has 3 nitrogen and oxygen atoms in total. The van der Waals surface area contributed by atoms with E-state index in [1.54, 1.807) is 7.11 Å². The first-order chi connectivity index (χ1) is 6.50. The van der Waals surface area contributed by atoms with E-state index in [0.29, 0.717) is 6.61 Å². The molecule has 1 aliphatic rings. The van der Waals surface area contributed by atoms with Crippen molar-refractivity contribution >= 4 is 0 Å². The van der Waals surface area contributed by atoms with E-state index < -0.39 is 5.79 Å². The second-order valence-corrected chi connectivity index (χ2v) is 4.05. The third-order valence-corrected chi connectivity index (χ3v) is 2.51. The van der Waals surface area contributed by atoms with Crippen molar-refractivity contribution in [3.63, 3.8) is 0 Å². The van der Waals surface area contributed by atoms with E-state index in [1.165, 1.54) is 0 Å². The molecule has 0 spiro atoms. The number of hydrogen-bond donors (Lipinski definition) is 0. The van der Waals surface area contributed by atoms with Crippen LogP contribution in [0.25, 0.3) is 0 Å². The van der Waals surface area contributed by atoms with E-state index in [1.807, 2.05) is 20.8 Å². The summed E-state index contributed by atoms with van der Waals surface area (Å²) in [5, 5.41) is 0. The Labute approximate surface area is 85.7 Å². The summed E-state index contributed by atoms with van der Waals surface area (Å²) >= 11 is 0. The minimum Gasteiger partial charge on any atom is -0.368 e. The van der Waals surface area contributed by atoms with Crippen LogP contribution in [0.2, 0.25) is 0 Å². The molecule has 14 heavy (non-hydrogen) atoms. The van der Waals surface area contributed by atoms with Gasteiger partial charge in [-0.15, -0.1) is 6.42 Å². The van der Waals surface area contributed by atoms with Crippen LogP contribution in [0, 0.1) is 18.3 Å². The third kappa shape index (κ3) is 2.48. The van der Waals surface area contributed by atoms with Gasteiger partial charge in [0.1, 0.15) is 6.10 Å². The van der Waals surface area contributed by atoms with Gasteiger partial charge < -0.3 is 14.2 Å². The molecule has 1 heterocycles. The Morgan fingerprint density at radius 2 is 2.21 bits per heavy atom. The fourth-order valence-corrected chi connectivity index (χ4v) is 1.60. The molecule has 1 aliphatic heterocycles. The smallest absolute Gasteiger partial charge is 0.163 e. The molecule has 0 amide bonds. The number of rotatable bonds is 3. The van der Waals surface area contributed by atoms with Crippen LogP contribution in [0.4, 0.5) is 0 Å². The monoisotopic (exact) mass is 198 g/mol. The van der Waals surface area contributed by atoms with Crippen molar-refractivity contribution < 1.29 is 14.2 Å². The predicted octanol–water partition coefficient (Wildman–Crippen LogP) is 1.42. The lowest BCUT2D eigenvalue weighted by atomic mass is 9.99. The summed E-state index contributed by atoms with van der Waals surface area (Å²) in [5.41, 5.74) is 0. The summed E-state index contributed by atoms with van der Waals surface area (Å²) in [4.78, 5) is 0. The Morgan fingerprint density at radius 3 is 2.57 bits per heavy atom. The third-order valence-electron chi connectivity index (χ3n) is 2.51. The normalized spacial score (nSPS) is 29.5. The molecule has 1 fully saturated rings. The van der Waals surface area contributed by atoms with Gasteiger partial charge in [0.2, 0.25) is 0 Å². The SMILES string of the molecule is C#C[C@H](OC)[C@@H](C)[C@@H]1COC(C)(C)O1. The lowest BCUT2D eigenvalue weighted by Crippen LogP contribution is -2.33. The van der Waals surface area contributed by atoms with Crippen LogP contribution < -0.4 is 0 Å². The van der Waals surface area contributed by atoms with Gasteiger partial charge in [0.15, 0.2) is 5.79 Å². The highest BCUT2D eigenvalue weighted by molar-refractivity contribution is 4.99. The number of ether oxygens (including phenoxy) is 3. The van der Waals surface area contributed by atoms with Crippen molar-refractivity contribution in [3.8, 4) is 12.3 Å². The molecule has 3 atom stereocenters. The average Bonchev–Trinajstić information content (AvgIpc) is 2.48. The zero-order valence-corrected chi connectivity index (χ0v) is 9.24.